The molecule has 2 unspecified atom stereocenters. The van der Waals surface area contributed by atoms with E-state index in [1.165, 1.54) is 39.1 Å². The van der Waals surface area contributed by atoms with Crippen LogP contribution in [0.3, 0.4) is 0 Å². The predicted molar refractivity (Wildman–Crippen MR) is 105 cm³/mol. The quantitative estimate of drug-likeness (QED) is 0.613. The molecule has 4 nitrogen and oxygen atoms in total. The SMILES string of the molecule is O=C(Cn1ccc2scc(-c3ccc(F)c(Cl)c3)c2c1=O)N1CC2C(C1)C2(F)F. The van der Waals surface area contributed by atoms with Gasteiger partial charge in [-0.3, -0.25) is 9.59 Å². The largest absolute Gasteiger partial charge is 0.340 e. The number of fused-ring (bicyclic) bond motifs is 2. The summed E-state index contributed by atoms with van der Waals surface area (Å²) < 4.78 is 42.2. The van der Waals surface area contributed by atoms with Gasteiger partial charge in [-0.05, 0) is 23.8 Å². The van der Waals surface area contributed by atoms with Crippen LogP contribution in [0.4, 0.5) is 13.2 Å². The van der Waals surface area contributed by atoms with Crippen LogP contribution in [0.25, 0.3) is 21.2 Å². The summed E-state index contributed by atoms with van der Waals surface area (Å²) in [6.07, 6.45) is 1.53. The van der Waals surface area contributed by atoms with Crippen LogP contribution < -0.4 is 5.56 Å². The number of thiophene rings is 1. The number of likely N-dealkylation sites (tertiary alicyclic amines) is 1. The van der Waals surface area contributed by atoms with E-state index < -0.39 is 23.6 Å². The number of amides is 1. The molecule has 150 valence electrons. The first-order chi connectivity index (χ1) is 13.8. The molecule has 3 heterocycles. The van der Waals surface area contributed by atoms with Crippen LogP contribution in [-0.4, -0.2) is 34.4 Å². The lowest BCUT2D eigenvalue weighted by Crippen LogP contribution is -2.37. The number of halogens is 4. The van der Waals surface area contributed by atoms with Crippen LogP contribution in [0.1, 0.15) is 0 Å². The number of carbonyl (C=O) groups is 1. The van der Waals surface area contributed by atoms with Gasteiger partial charge < -0.3 is 9.47 Å². The van der Waals surface area contributed by atoms with Gasteiger partial charge in [0, 0.05) is 34.9 Å². The summed E-state index contributed by atoms with van der Waals surface area (Å²) in [5, 5.41) is 2.17. The standard InChI is InChI=1S/C20H14ClF3N2O2S/c21-14-5-10(1-2-15(14)22)11-9-29-16-3-4-25(19(28)18(11)16)8-17(27)26-6-12-13(7-26)20(12,23)24/h1-5,9,12-13H,6-8H2. The third-order valence-corrected chi connectivity index (χ3v) is 7.03. The van der Waals surface area contributed by atoms with E-state index in [0.29, 0.717) is 16.5 Å². The average molecular weight is 439 g/mol. The number of hydrogen-bond acceptors (Lipinski definition) is 3. The molecule has 29 heavy (non-hydrogen) atoms. The number of benzene rings is 1. The van der Waals surface area contributed by atoms with E-state index in [4.69, 9.17) is 11.6 Å². The van der Waals surface area contributed by atoms with Crippen LogP contribution in [-0.2, 0) is 11.3 Å². The lowest BCUT2D eigenvalue weighted by atomic mass is 10.1. The average Bonchev–Trinajstić information content (AvgIpc) is 3.12. The van der Waals surface area contributed by atoms with Crippen LogP contribution in [0, 0.1) is 17.7 Å². The number of rotatable bonds is 3. The minimum Gasteiger partial charge on any atom is -0.340 e. The van der Waals surface area contributed by atoms with Crippen molar-refractivity contribution < 1.29 is 18.0 Å². The Labute approximate surface area is 172 Å². The van der Waals surface area contributed by atoms with Crippen molar-refractivity contribution in [1.82, 2.24) is 9.47 Å². The minimum absolute atomic E-state index is 0.0330. The third kappa shape index (κ3) is 2.88. The van der Waals surface area contributed by atoms with Gasteiger partial charge in [-0.25, -0.2) is 13.2 Å². The summed E-state index contributed by atoms with van der Waals surface area (Å²) in [6, 6.07) is 5.97. The molecular formula is C20H14ClF3N2O2S. The zero-order valence-corrected chi connectivity index (χ0v) is 16.4. The summed E-state index contributed by atoms with van der Waals surface area (Å²) >= 11 is 7.23. The fourth-order valence-electron chi connectivity index (χ4n) is 4.04. The van der Waals surface area contributed by atoms with Crippen molar-refractivity contribution in [2.75, 3.05) is 13.1 Å². The van der Waals surface area contributed by atoms with Crippen molar-refractivity contribution in [3.63, 3.8) is 0 Å². The van der Waals surface area contributed by atoms with Gasteiger partial charge in [0.15, 0.2) is 0 Å². The highest BCUT2D eigenvalue weighted by molar-refractivity contribution is 7.17. The van der Waals surface area contributed by atoms with Gasteiger partial charge in [0.05, 0.1) is 22.2 Å². The Morgan fingerprint density at radius 3 is 2.66 bits per heavy atom. The Morgan fingerprint density at radius 2 is 1.97 bits per heavy atom. The van der Waals surface area contributed by atoms with Gasteiger partial charge in [-0.15, -0.1) is 11.3 Å². The topological polar surface area (TPSA) is 42.3 Å². The van der Waals surface area contributed by atoms with Gasteiger partial charge in [0.2, 0.25) is 5.91 Å². The van der Waals surface area contributed by atoms with Crippen molar-refractivity contribution in [2.24, 2.45) is 11.8 Å². The summed E-state index contributed by atoms with van der Waals surface area (Å²) in [5.41, 5.74) is 0.855. The Hall–Kier alpha value is -2.32. The van der Waals surface area contributed by atoms with Crippen LogP contribution in [0.5, 0.6) is 0 Å². The number of alkyl halides is 2. The molecule has 1 saturated heterocycles. The van der Waals surface area contributed by atoms with Crippen molar-refractivity contribution in [3.05, 3.63) is 57.0 Å². The Kier molecular flexibility index (Phi) is 4.08. The molecule has 5 rings (SSSR count). The van der Waals surface area contributed by atoms with E-state index >= 15 is 0 Å². The van der Waals surface area contributed by atoms with Crippen LogP contribution in [0.15, 0.2) is 40.6 Å². The summed E-state index contributed by atoms with van der Waals surface area (Å²) in [6.45, 7) is -0.143. The maximum atomic E-state index is 13.5. The second kappa shape index (κ2) is 6.34. The second-order valence-electron chi connectivity index (χ2n) is 7.45. The molecule has 2 aromatic heterocycles. The molecule has 2 atom stereocenters. The lowest BCUT2D eigenvalue weighted by Gasteiger charge is -2.20. The predicted octanol–water partition coefficient (Wildman–Crippen LogP) is 4.25. The Bertz CT molecular complexity index is 1210. The van der Waals surface area contributed by atoms with Crippen LogP contribution >= 0.6 is 22.9 Å². The summed E-state index contributed by atoms with van der Waals surface area (Å²) in [5.74, 6) is -5.06. The fourth-order valence-corrected chi connectivity index (χ4v) is 5.18. The molecule has 0 N–H and O–H groups in total. The molecule has 1 aliphatic carbocycles. The zero-order chi connectivity index (χ0) is 20.5. The van der Waals surface area contributed by atoms with Crippen molar-refractivity contribution in [1.29, 1.82) is 0 Å². The number of hydrogen-bond donors (Lipinski definition) is 0. The third-order valence-electron chi connectivity index (χ3n) is 5.79. The van der Waals surface area contributed by atoms with Crippen molar-refractivity contribution in [3.8, 4) is 11.1 Å². The first kappa shape index (κ1) is 18.7. The number of carbonyl (C=O) groups excluding carboxylic acids is 1. The van der Waals surface area contributed by atoms with E-state index in [9.17, 15) is 22.8 Å². The molecule has 0 bridgehead atoms. The summed E-state index contributed by atoms with van der Waals surface area (Å²) in [4.78, 5) is 27.0. The van der Waals surface area contributed by atoms with Gasteiger partial charge in [0.1, 0.15) is 12.4 Å². The van der Waals surface area contributed by atoms with Crippen LogP contribution in [0.2, 0.25) is 5.02 Å². The number of aromatic nitrogens is 1. The van der Waals surface area contributed by atoms with E-state index in [-0.39, 0.29) is 36.1 Å². The van der Waals surface area contributed by atoms with E-state index in [0.717, 1.165) is 4.70 Å². The van der Waals surface area contributed by atoms with Crippen molar-refractivity contribution >= 4 is 38.9 Å². The molecule has 9 heteroatoms. The van der Waals surface area contributed by atoms with E-state index in [1.54, 1.807) is 17.5 Å². The minimum atomic E-state index is -2.66. The molecule has 2 aliphatic rings. The van der Waals surface area contributed by atoms with E-state index in [1.807, 2.05) is 0 Å². The molecule has 1 aromatic carbocycles. The normalized spacial score (nSPS) is 22.1. The highest BCUT2D eigenvalue weighted by Crippen LogP contribution is 2.59. The monoisotopic (exact) mass is 438 g/mol. The Balaban J connectivity index is 1.45. The number of piperidine rings is 1. The van der Waals surface area contributed by atoms with Gasteiger partial charge >= 0.3 is 0 Å². The number of pyridine rings is 1. The first-order valence-corrected chi connectivity index (χ1v) is 10.2. The fraction of sp³-hybridized carbons (Fsp3) is 0.300. The molecule has 3 aromatic rings. The molecule has 1 saturated carbocycles. The molecule has 0 spiro atoms. The van der Waals surface area contributed by atoms with Crippen molar-refractivity contribution in [2.45, 2.75) is 12.5 Å². The maximum absolute atomic E-state index is 13.5. The lowest BCUT2D eigenvalue weighted by molar-refractivity contribution is -0.132. The maximum Gasteiger partial charge on any atom is 0.260 e. The zero-order valence-electron chi connectivity index (χ0n) is 14.9. The summed E-state index contributed by atoms with van der Waals surface area (Å²) in [7, 11) is 0. The molecule has 2 fully saturated rings. The van der Waals surface area contributed by atoms with Gasteiger partial charge in [-0.2, -0.15) is 0 Å². The number of nitrogens with zero attached hydrogens (tertiary/aromatic N) is 2. The molecular weight excluding hydrogens is 425 g/mol. The first-order valence-electron chi connectivity index (χ1n) is 8.99. The second-order valence-corrected chi connectivity index (χ2v) is 8.77. The highest BCUT2D eigenvalue weighted by atomic mass is 35.5. The smallest absolute Gasteiger partial charge is 0.260 e. The molecule has 1 amide bonds. The van der Waals surface area contributed by atoms with E-state index in [2.05, 4.69) is 0 Å². The highest BCUT2D eigenvalue weighted by Gasteiger charge is 2.72. The van der Waals surface area contributed by atoms with Gasteiger partial charge in [-0.1, -0.05) is 17.7 Å². The Morgan fingerprint density at radius 1 is 1.24 bits per heavy atom. The molecule has 1 aliphatic heterocycles. The van der Waals surface area contributed by atoms with Gasteiger partial charge in [0.25, 0.3) is 11.5 Å². The molecule has 0 radical (unpaired) electrons.